The Kier molecular flexibility index (Phi) is 4.31. The van der Waals surface area contributed by atoms with Gasteiger partial charge in [0.05, 0.1) is 0 Å². The minimum Gasteiger partial charge on any atom is -0.264 e. The number of rotatable bonds is 5. The van der Waals surface area contributed by atoms with E-state index in [0.717, 1.165) is 6.42 Å². The van der Waals surface area contributed by atoms with E-state index in [1.165, 1.54) is 24.0 Å². The molecule has 1 aromatic carbocycles. The largest absolute Gasteiger partial charge is 0.264 e. The molecule has 1 nitrogen and oxygen atoms in total. The van der Waals surface area contributed by atoms with Gasteiger partial charge >= 0.3 is 0 Å². The van der Waals surface area contributed by atoms with Gasteiger partial charge in [0.1, 0.15) is 0 Å². The fourth-order valence-electron chi connectivity index (χ4n) is 2.11. The predicted octanol–water partition coefficient (Wildman–Crippen LogP) is 4.21. The Morgan fingerprint density at radius 2 is 1.88 bits per heavy atom. The van der Waals surface area contributed by atoms with E-state index in [0.29, 0.717) is 5.92 Å². The van der Waals surface area contributed by atoms with Crippen molar-refractivity contribution in [3.8, 4) is 0 Å². The summed E-state index contributed by atoms with van der Waals surface area (Å²) in [6, 6.07) is 14.9. The van der Waals surface area contributed by atoms with Gasteiger partial charge in [-0.1, -0.05) is 43.3 Å². The third kappa shape index (κ3) is 3.70. The Morgan fingerprint density at radius 1 is 1.06 bits per heavy atom. The second kappa shape index (κ2) is 6.19. The van der Waals surface area contributed by atoms with E-state index in [1.54, 1.807) is 0 Å². The van der Waals surface area contributed by atoms with Crippen LogP contribution in [0.5, 0.6) is 0 Å². The highest BCUT2D eigenvalue weighted by molar-refractivity contribution is 5.18. The van der Waals surface area contributed by atoms with Crippen LogP contribution in [0.1, 0.15) is 36.8 Å². The van der Waals surface area contributed by atoms with Crippen LogP contribution in [-0.4, -0.2) is 4.98 Å². The lowest BCUT2D eigenvalue weighted by Gasteiger charge is -2.11. The van der Waals surface area contributed by atoms with Crippen LogP contribution in [0.4, 0.5) is 0 Å². The van der Waals surface area contributed by atoms with Crippen LogP contribution in [0, 0.1) is 0 Å². The molecule has 0 aliphatic carbocycles. The molecule has 0 fully saturated rings. The fourth-order valence-corrected chi connectivity index (χ4v) is 2.11. The number of benzene rings is 1. The van der Waals surface area contributed by atoms with E-state index in [9.17, 15) is 0 Å². The lowest BCUT2D eigenvalue weighted by atomic mass is 9.95. The average molecular weight is 225 g/mol. The number of hydrogen-bond acceptors (Lipinski definition) is 1. The Morgan fingerprint density at radius 3 is 2.59 bits per heavy atom. The molecule has 0 bridgehead atoms. The molecule has 0 amide bonds. The van der Waals surface area contributed by atoms with Crippen molar-refractivity contribution >= 4 is 0 Å². The Labute approximate surface area is 104 Å². The smallest absolute Gasteiger partial charge is 0.0299 e. The molecule has 0 saturated carbocycles. The maximum absolute atomic E-state index is 4.14. The molecule has 2 aromatic rings. The van der Waals surface area contributed by atoms with E-state index >= 15 is 0 Å². The van der Waals surface area contributed by atoms with Crippen molar-refractivity contribution in [1.29, 1.82) is 0 Å². The van der Waals surface area contributed by atoms with E-state index in [-0.39, 0.29) is 0 Å². The lowest BCUT2D eigenvalue weighted by Crippen LogP contribution is -1.95. The molecule has 88 valence electrons. The molecule has 1 aromatic heterocycles. The van der Waals surface area contributed by atoms with E-state index < -0.39 is 0 Å². The monoisotopic (exact) mass is 225 g/mol. The van der Waals surface area contributed by atoms with Crippen LogP contribution in [0.2, 0.25) is 0 Å². The Balaban J connectivity index is 1.79. The first-order valence-electron chi connectivity index (χ1n) is 6.30. The van der Waals surface area contributed by atoms with Gasteiger partial charge in [0.15, 0.2) is 0 Å². The van der Waals surface area contributed by atoms with Gasteiger partial charge in [0.2, 0.25) is 0 Å². The summed E-state index contributed by atoms with van der Waals surface area (Å²) in [6.07, 6.45) is 7.38. The van der Waals surface area contributed by atoms with Gasteiger partial charge in [-0.15, -0.1) is 0 Å². The van der Waals surface area contributed by atoms with Gasteiger partial charge in [-0.2, -0.15) is 0 Å². The summed E-state index contributed by atoms with van der Waals surface area (Å²) >= 11 is 0. The van der Waals surface area contributed by atoms with Gasteiger partial charge < -0.3 is 0 Å². The Bertz CT molecular complexity index is 422. The first-order chi connectivity index (χ1) is 8.36. The molecular weight excluding hydrogens is 206 g/mol. The van der Waals surface area contributed by atoms with Crippen LogP contribution in [0.3, 0.4) is 0 Å². The molecular formula is C16H19N. The summed E-state index contributed by atoms with van der Waals surface area (Å²) in [5, 5.41) is 0. The second-order valence-electron chi connectivity index (χ2n) is 4.57. The van der Waals surface area contributed by atoms with Crippen LogP contribution >= 0.6 is 0 Å². The van der Waals surface area contributed by atoms with E-state index in [4.69, 9.17) is 0 Å². The summed E-state index contributed by atoms with van der Waals surface area (Å²) in [5.41, 5.74) is 2.78. The van der Waals surface area contributed by atoms with Crippen LogP contribution in [0.15, 0.2) is 54.9 Å². The fraction of sp³-hybridized carbons (Fsp3) is 0.312. The van der Waals surface area contributed by atoms with E-state index in [2.05, 4.69) is 48.3 Å². The number of nitrogens with zero attached hydrogens (tertiary/aromatic N) is 1. The highest BCUT2D eigenvalue weighted by Crippen LogP contribution is 2.20. The average Bonchev–Trinajstić information content (AvgIpc) is 2.41. The highest BCUT2D eigenvalue weighted by atomic mass is 14.6. The zero-order valence-electron chi connectivity index (χ0n) is 10.3. The first kappa shape index (κ1) is 11.8. The van der Waals surface area contributed by atoms with Crippen molar-refractivity contribution in [2.24, 2.45) is 0 Å². The molecule has 0 aliphatic heterocycles. The first-order valence-corrected chi connectivity index (χ1v) is 6.30. The summed E-state index contributed by atoms with van der Waals surface area (Å²) in [6.45, 7) is 2.30. The molecule has 1 atom stereocenters. The van der Waals surface area contributed by atoms with Gasteiger partial charge in [-0.25, -0.2) is 0 Å². The van der Waals surface area contributed by atoms with Crippen molar-refractivity contribution < 1.29 is 0 Å². The van der Waals surface area contributed by atoms with Gasteiger partial charge in [-0.05, 0) is 42.4 Å². The molecule has 1 heteroatoms. The molecule has 0 spiro atoms. The standard InChI is InChI=1S/C16H19N/c1-14(16-10-3-2-4-11-16)7-5-8-15-9-6-12-17-13-15/h2-4,6,9-14H,5,7-8H2,1H3/t14-/m0/s1. The molecule has 0 unspecified atom stereocenters. The van der Waals surface area contributed by atoms with Crippen molar-refractivity contribution in [3.05, 3.63) is 66.0 Å². The van der Waals surface area contributed by atoms with Crippen LogP contribution < -0.4 is 0 Å². The predicted molar refractivity (Wildman–Crippen MR) is 72.0 cm³/mol. The van der Waals surface area contributed by atoms with Crippen molar-refractivity contribution in [1.82, 2.24) is 4.98 Å². The van der Waals surface area contributed by atoms with Crippen molar-refractivity contribution in [2.45, 2.75) is 32.1 Å². The summed E-state index contributed by atoms with van der Waals surface area (Å²) in [4.78, 5) is 4.14. The molecule has 2 rings (SSSR count). The maximum Gasteiger partial charge on any atom is 0.0299 e. The third-order valence-corrected chi connectivity index (χ3v) is 3.19. The summed E-state index contributed by atoms with van der Waals surface area (Å²) in [7, 11) is 0. The third-order valence-electron chi connectivity index (χ3n) is 3.19. The van der Waals surface area contributed by atoms with Crippen LogP contribution in [0.25, 0.3) is 0 Å². The minimum absolute atomic E-state index is 0.646. The van der Waals surface area contributed by atoms with Gasteiger partial charge in [0, 0.05) is 12.4 Å². The SMILES string of the molecule is C[C@@H](CCCc1cccnc1)c1ccccc1. The molecule has 0 radical (unpaired) electrons. The summed E-state index contributed by atoms with van der Waals surface area (Å²) in [5.74, 6) is 0.646. The summed E-state index contributed by atoms with van der Waals surface area (Å²) < 4.78 is 0. The number of pyridine rings is 1. The maximum atomic E-state index is 4.14. The van der Waals surface area contributed by atoms with Crippen molar-refractivity contribution in [3.63, 3.8) is 0 Å². The minimum atomic E-state index is 0.646. The lowest BCUT2D eigenvalue weighted by molar-refractivity contribution is 0.633. The van der Waals surface area contributed by atoms with Gasteiger partial charge in [-0.3, -0.25) is 4.98 Å². The van der Waals surface area contributed by atoms with Crippen molar-refractivity contribution in [2.75, 3.05) is 0 Å². The number of aryl methyl sites for hydroxylation is 1. The highest BCUT2D eigenvalue weighted by Gasteiger charge is 2.04. The molecule has 17 heavy (non-hydrogen) atoms. The second-order valence-corrected chi connectivity index (χ2v) is 4.57. The molecule has 0 aliphatic rings. The number of hydrogen-bond donors (Lipinski definition) is 0. The zero-order valence-corrected chi connectivity index (χ0v) is 10.3. The quantitative estimate of drug-likeness (QED) is 0.743. The van der Waals surface area contributed by atoms with Crippen LogP contribution in [-0.2, 0) is 6.42 Å². The molecule has 1 heterocycles. The van der Waals surface area contributed by atoms with E-state index in [1.807, 2.05) is 18.5 Å². The number of aromatic nitrogens is 1. The van der Waals surface area contributed by atoms with Gasteiger partial charge in [0.25, 0.3) is 0 Å². The Hall–Kier alpha value is -1.63. The zero-order chi connectivity index (χ0) is 11.9. The molecule has 0 N–H and O–H groups in total. The molecule has 0 saturated heterocycles. The topological polar surface area (TPSA) is 12.9 Å². The normalized spacial score (nSPS) is 12.3.